The molecule has 1 radical (unpaired) electrons. The molecule has 1 heterocycles. The molecule has 5 heteroatoms. The molecule has 0 aromatic heterocycles. The quantitative estimate of drug-likeness (QED) is 0.311. The van der Waals surface area contributed by atoms with E-state index in [0.717, 1.165) is 27.1 Å². The first kappa shape index (κ1) is 19.1. The summed E-state index contributed by atoms with van der Waals surface area (Å²) >= 11 is 0. The molecule has 5 aromatic carbocycles. The zero-order valence-electron chi connectivity index (χ0n) is 17.7. The summed E-state index contributed by atoms with van der Waals surface area (Å²) in [7, 11) is 0. The van der Waals surface area contributed by atoms with E-state index in [1.165, 1.54) is 10.0 Å². The highest BCUT2D eigenvalue weighted by Crippen LogP contribution is 2.31. The van der Waals surface area contributed by atoms with Gasteiger partial charge in [-0.1, -0.05) is 84.9 Å². The first-order valence-electron chi connectivity index (χ1n) is 10.7. The molecule has 0 N–H and O–H groups in total. The van der Waals surface area contributed by atoms with Crippen molar-refractivity contribution in [1.82, 2.24) is 5.43 Å². The second-order valence-corrected chi connectivity index (χ2v) is 7.79. The Labute approximate surface area is 191 Å². The molecule has 0 saturated heterocycles. The van der Waals surface area contributed by atoms with Crippen molar-refractivity contribution >= 4 is 44.8 Å². The van der Waals surface area contributed by atoms with Gasteiger partial charge in [0.1, 0.15) is 0 Å². The van der Waals surface area contributed by atoms with Crippen LogP contribution in [0.15, 0.2) is 120 Å². The molecular formula is C28H19N4O. The van der Waals surface area contributed by atoms with Crippen LogP contribution in [0.4, 0.5) is 16.2 Å². The van der Waals surface area contributed by atoms with Crippen LogP contribution >= 0.6 is 0 Å². The van der Waals surface area contributed by atoms with Crippen molar-refractivity contribution in [3.8, 4) is 0 Å². The van der Waals surface area contributed by atoms with Crippen LogP contribution in [0.5, 0.6) is 0 Å². The second kappa shape index (κ2) is 7.80. The minimum atomic E-state index is -0.333. The van der Waals surface area contributed by atoms with E-state index in [-0.39, 0.29) is 6.03 Å². The number of para-hydroxylation sites is 2. The van der Waals surface area contributed by atoms with Gasteiger partial charge in [0.2, 0.25) is 5.84 Å². The highest BCUT2D eigenvalue weighted by atomic mass is 16.2. The molecule has 0 atom stereocenters. The van der Waals surface area contributed by atoms with Gasteiger partial charge >= 0.3 is 6.03 Å². The standard InChI is InChI=1S/C28H19N4O/c33-28-31(22-13-3-1-4-14-22)29-27(30-32(28)23-15-5-2-6-16-23)26-24-17-9-7-11-20(24)19-21-12-8-10-18-25(21)26/h1-19H. The SMILES string of the molecule is O=C1N(c2ccccc2)[N]C(c2c3ccccc3cc3ccccc23)=NN1c1ccccc1. The smallest absolute Gasteiger partial charge is 0.244 e. The van der Waals surface area contributed by atoms with Crippen LogP contribution in [0.3, 0.4) is 0 Å². The van der Waals surface area contributed by atoms with Crippen LogP contribution in [0.2, 0.25) is 0 Å². The number of hydrogen-bond donors (Lipinski definition) is 0. The molecular weight excluding hydrogens is 408 g/mol. The Balaban J connectivity index is 1.62. The number of benzene rings is 5. The summed E-state index contributed by atoms with van der Waals surface area (Å²) in [5, 5.41) is 11.9. The number of anilines is 2. The zero-order valence-corrected chi connectivity index (χ0v) is 17.7. The minimum absolute atomic E-state index is 0.333. The maximum atomic E-state index is 13.5. The van der Waals surface area contributed by atoms with Crippen LogP contribution in [-0.4, -0.2) is 11.9 Å². The van der Waals surface area contributed by atoms with Gasteiger partial charge < -0.3 is 0 Å². The van der Waals surface area contributed by atoms with E-state index in [9.17, 15) is 4.79 Å². The molecule has 5 nitrogen and oxygen atoms in total. The summed E-state index contributed by atoms with van der Waals surface area (Å²) in [4.78, 5) is 13.5. The molecule has 0 unspecified atom stereocenters. The van der Waals surface area contributed by atoms with Gasteiger partial charge in [-0.3, -0.25) is 0 Å². The predicted molar refractivity (Wildman–Crippen MR) is 133 cm³/mol. The normalized spacial score (nSPS) is 13.8. The number of fused-ring (bicyclic) bond motifs is 2. The monoisotopic (exact) mass is 427 g/mol. The van der Waals surface area contributed by atoms with Gasteiger partial charge in [-0.25, -0.2) is 4.79 Å². The fourth-order valence-corrected chi connectivity index (χ4v) is 4.21. The largest absolute Gasteiger partial charge is 0.370 e. The Kier molecular flexibility index (Phi) is 4.51. The molecule has 33 heavy (non-hydrogen) atoms. The number of amides is 2. The molecule has 0 bridgehead atoms. The van der Waals surface area contributed by atoms with Crippen LogP contribution < -0.4 is 15.4 Å². The van der Waals surface area contributed by atoms with Gasteiger partial charge in [0.15, 0.2) is 0 Å². The lowest BCUT2D eigenvalue weighted by molar-refractivity contribution is 0.249. The average Bonchev–Trinajstić information content (AvgIpc) is 2.88. The fourth-order valence-electron chi connectivity index (χ4n) is 4.21. The van der Waals surface area contributed by atoms with E-state index in [0.29, 0.717) is 17.2 Å². The Morgan fingerprint density at radius 2 is 1.03 bits per heavy atom. The highest BCUT2D eigenvalue weighted by molar-refractivity contribution is 6.23. The van der Waals surface area contributed by atoms with E-state index < -0.39 is 0 Å². The lowest BCUT2D eigenvalue weighted by Gasteiger charge is -2.32. The number of urea groups is 1. The predicted octanol–water partition coefficient (Wildman–Crippen LogP) is 6.32. The molecule has 1 aliphatic rings. The number of rotatable bonds is 3. The van der Waals surface area contributed by atoms with Crippen molar-refractivity contribution in [2.75, 3.05) is 10.0 Å². The molecule has 0 saturated carbocycles. The van der Waals surface area contributed by atoms with Crippen molar-refractivity contribution in [3.05, 3.63) is 121 Å². The topological polar surface area (TPSA) is 50.0 Å². The summed E-state index contributed by atoms with van der Waals surface area (Å²) in [6, 6.07) is 37.1. The van der Waals surface area contributed by atoms with Crippen molar-refractivity contribution < 1.29 is 4.79 Å². The van der Waals surface area contributed by atoms with Gasteiger partial charge in [-0.15, -0.1) is 10.5 Å². The van der Waals surface area contributed by atoms with E-state index in [2.05, 4.69) is 30.3 Å². The highest BCUT2D eigenvalue weighted by Gasteiger charge is 2.33. The summed E-state index contributed by atoms with van der Waals surface area (Å²) in [5.41, 5.74) is 7.03. The Morgan fingerprint density at radius 3 is 1.61 bits per heavy atom. The van der Waals surface area contributed by atoms with E-state index in [4.69, 9.17) is 10.5 Å². The number of carbonyl (C=O) groups is 1. The maximum absolute atomic E-state index is 13.5. The second-order valence-electron chi connectivity index (χ2n) is 7.79. The van der Waals surface area contributed by atoms with Crippen molar-refractivity contribution in [2.24, 2.45) is 5.10 Å². The molecule has 0 aliphatic carbocycles. The summed E-state index contributed by atoms with van der Waals surface area (Å²) in [6.07, 6.45) is 0. The van der Waals surface area contributed by atoms with Gasteiger partial charge in [0.05, 0.1) is 11.4 Å². The van der Waals surface area contributed by atoms with Crippen LogP contribution in [0.1, 0.15) is 5.56 Å². The third-order valence-corrected chi connectivity index (χ3v) is 5.75. The van der Waals surface area contributed by atoms with Crippen LogP contribution in [0.25, 0.3) is 21.5 Å². The maximum Gasteiger partial charge on any atom is 0.370 e. The van der Waals surface area contributed by atoms with Crippen LogP contribution in [0, 0.1) is 0 Å². The average molecular weight is 427 g/mol. The summed E-state index contributed by atoms with van der Waals surface area (Å²) < 4.78 is 0. The molecule has 157 valence electrons. The summed E-state index contributed by atoms with van der Waals surface area (Å²) in [5.74, 6) is 0.482. The van der Waals surface area contributed by atoms with Crippen molar-refractivity contribution in [1.29, 1.82) is 0 Å². The summed E-state index contributed by atoms with van der Waals surface area (Å²) in [6.45, 7) is 0. The molecule has 6 rings (SSSR count). The molecule has 1 aliphatic heterocycles. The molecule has 2 amide bonds. The first-order valence-corrected chi connectivity index (χ1v) is 10.7. The number of nitrogens with zero attached hydrogens (tertiary/aromatic N) is 4. The fraction of sp³-hybridized carbons (Fsp3) is 0. The Morgan fingerprint density at radius 1 is 0.545 bits per heavy atom. The minimum Gasteiger partial charge on any atom is -0.244 e. The van der Waals surface area contributed by atoms with Gasteiger partial charge in [0.25, 0.3) is 0 Å². The molecule has 0 fully saturated rings. The van der Waals surface area contributed by atoms with Gasteiger partial charge in [-0.2, -0.15) is 10.0 Å². The number of amidine groups is 1. The van der Waals surface area contributed by atoms with Crippen LogP contribution in [-0.2, 0) is 0 Å². The lowest BCUT2D eigenvalue weighted by atomic mass is 9.96. The molecule has 5 aromatic rings. The number of carbonyl (C=O) groups excluding carboxylic acids is 1. The van der Waals surface area contributed by atoms with E-state index in [1.54, 1.807) is 0 Å². The lowest BCUT2D eigenvalue weighted by Crippen LogP contribution is -2.52. The Hall–Kier alpha value is -4.64. The van der Waals surface area contributed by atoms with Gasteiger partial charge in [-0.05, 0) is 51.9 Å². The van der Waals surface area contributed by atoms with Gasteiger partial charge in [0, 0.05) is 5.56 Å². The first-order chi connectivity index (χ1) is 16.3. The van der Waals surface area contributed by atoms with Crippen molar-refractivity contribution in [3.63, 3.8) is 0 Å². The van der Waals surface area contributed by atoms with E-state index >= 15 is 0 Å². The molecule has 0 spiro atoms. The zero-order chi connectivity index (χ0) is 22.2. The number of hydrogen-bond acceptors (Lipinski definition) is 2. The Bertz CT molecular complexity index is 1460. The van der Waals surface area contributed by atoms with E-state index in [1.807, 2.05) is 84.9 Å². The number of hydrazone groups is 1. The third kappa shape index (κ3) is 3.27. The van der Waals surface area contributed by atoms with Crippen molar-refractivity contribution in [2.45, 2.75) is 0 Å². The third-order valence-electron chi connectivity index (χ3n) is 5.75.